The minimum Gasteiger partial charge on any atom is -0.350 e. The van der Waals surface area contributed by atoms with Crippen LogP contribution in [0.4, 0.5) is 0 Å². The van der Waals surface area contributed by atoms with Crippen LogP contribution in [0.25, 0.3) is 16.9 Å². The van der Waals surface area contributed by atoms with E-state index in [1.54, 1.807) is 16.9 Å². The molecule has 6 nitrogen and oxygen atoms in total. The molecule has 1 unspecified atom stereocenters. The summed E-state index contributed by atoms with van der Waals surface area (Å²) in [5, 5.41) is 7.40. The van der Waals surface area contributed by atoms with Gasteiger partial charge in [-0.25, -0.2) is 9.50 Å². The first-order chi connectivity index (χ1) is 12.7. The molecule has 0 bridgehead atoms. The Labute approximate surface area is 153 Å². The van der Waals surface area contributed by atoms with Crippen LogP contribution in [0.5, 0.6) is 0 Å². The molecule has 26 heavy (non-hydrogen) atoms. The van der Waals surface area contributed by atoms with E-state index in [1.165, 1.54) is 0 Å². The van der Waals surface area contributed by atoms with Gasteiger partial charge in [-0.15, -0.1) is 0 Å². The third-order valence-corrected chi connectivity index (χ3v) is 4.71. The first kappa shape index (κ1) is 18.1. The summed E-state index contributed by atoms with van der Waals surface area (Å²) in [5.74, 6) is -0.142. The smallest absolute Gasteiger partial charge is 0.256 e. The molecule has 6 heteroatoms. The molecule has 1 aromatic carbocycles. The van der Waals surface area contributed by atoms with Crippen LogP contribution in [0, 0.1) is 0 Å². The van der Waals surface area contributed by atoms with Gasteiger partial charge in [0.2, 0.25) is 0 Å². The van der Waals surface area contributed by atoms with Gasteiger partial charge in [0.15, 0.2) is 5.65 Å². The van der Waals surface area contributed by atoms with E-state index in [0.717, 1.165) is 24.3 Å². The molecule has 0 aliphatic heterocycles. The van der Waals surface area contributed by atoms with Gasteiger partial charge in [-0.3, -0.25) is 9.69 Å². The number of carbonyl (C=O) groups is 1. The molecule has 0 aliphatic rings. The molecule has 1 atom stereocenters. The van der Waals surface area contributed by atoms with Gasteiger partial charge in [-0.2, -0.15) is 5.10 Å². The second kappa shape index (κ2) is 8.10. The lowest BCUT2D eigenvalue weighted by atomic mass is 10.1. The number of carbonyl (C=O) groups excluding carboxylic acids is 1. The maximum Gasteiger partial charge on any atom is 0.256 e. The zero-order valence-corrected chi connectivity index (χ0v) is 15.5. The number of nitrogens with zero attached hydrogens (tertiary/aromatic N) is 4. The highest BCUT2D eigenvalue weighted by Crippen LogP contribution is 2.20. The molecule has 136 valence electrons. The van der Waals surface area contributed by atoms with Crippen molar-refractivity contribution in [3.8, 4) is 11.3 Å². The molecule has 3 rings (SSSR count). The van der Waals surface area contributed by atoms with E-state index in [4.69, 9.17) is 0 Å². The monoisotopic (exact) mass is 351 g/mol. The number of hydrogen-bond acceptors (Lipinski definition) is 4. The third kappa shape index (κ3) is 3.60. The second-order valence-electron chi connectivity index (χ2n) is 6.27. The van der Waals surface area contributed by atoms with Crippen LogP contribution in [-0.4, -0.2) is 51.1 Å². The van der Waals surface area contributed by atoms with E-state index in [-0.39, 0.29) is 11.9 Å². The predicted octanol–water partition coefficient (Wildman–Crippen LogP) is 2.86. The van der Waals surface area contributed by atoms with Gasteiger partial charge in [-0.1, -0.05) is 44.2 Å². The topological polar surface area (TPSA) is 62.5 Å². The number of fused-ring (bicyclic) bond motifs is 1. The fourth-order valence-electron chi connectivity index (χ4n) is 3.19. The van der Waals surface area contributed by atoms with Crippen molar-refractivity contribution in [2.24, 2.45) is 0 Å². The molecule has 1 N–H and O–H groups in total. The van der Waals surface area contributed by atoms with E-state index < -0.39 is 0 Å². The fraction of sp³-hybridized carbons (Fsp3) is 0.350. The van der Waals surface area contributed by atoms with Crippen molar-refractivity contribution < 1.29 is 4.79 Å². The summed E-state index contributed by atoms with van der Waals surface area (Å²) in [6, 6.07) is 12.1. The number of likely N-dealkylation sites (N-methyl/N-ethyl adjacent to an activating group) is 1. The van der Waals surface area contributed by atoms with Crippen molar-refractivity contribution >= 4 is 11.6 Å². The molecule has 0 aliphatic carbocycles. The zero-order chi connectivity index (χ0) is 18.5. The highest BCUT2D eigenvalue weighted by atomic mass is 16.1. The second-order valence-corrected chi connectivity index (χ2v) is 6.27. The van der Waals surface area contributed by atoms with Crippen molar-refractivity contribution in [3.05, 3.63) is 54.4 Å². The van der Waals surface area contributed by atoms with Gasteiger partial charge >= 0.3 is 0 Å². The summed E-state index contributed by atoms with van der Waals surface area (Å²) in [6.45, 7) is 8.90. The number of rotatable bonds is 7. The Bertz CT molecular complexity index is 870. The quantitative estimate of drug-likeness (QED) is 0.711. The summed E-state index contributed by atoms with van der Waals surface area (Å²) in [5.41, 5.74) is 3.00. The van der Waals surface area contributed by atoms with Crippen LogP contribution in [0.2, 0.25) is 0 Å². The normalized spacial score (nSPS) is 12.5. The van der Waals surface area contributed by atoms with Gasteiger partial charge in [0.1, 0.15) is 5.56 Å². The standard InChI is InChI=1S/C20H25N5O/c1-4-24(5-2)15(3)13-22-20(26)17-14-23-25-18(11-12-21-19(17)25)16-9-7-6-8-10-16/h6-12,14-15H,4-5,13H2,1-3H3,(H,22,26). The lowest BCUT2D eigenvalue weighted by molar-refractivity contribution is 0.0939. The van der Waals surface area contributed by atoms with Crippen LogP contribution < -0.4 is 5.32 Å². The van der Waals surface area contributed by atoms with Crippen molar-refractivity contribution in [3.63, 3.8) is 0 Å². The summed E-state index contributed by atoms with van der Waals surface area (Å²) in [4.78, 5) is 19.3. The van der Waals surface area contributed by atoms with Crippen LogP contribution in [0.15, 0.2) is 48.8 Å². The van der Waals surface area contributed by atoms with Gasteiger partial charge in [-0.05, 0) is 26.1 Å². The van der Waals surface area contributed by atoms with Crippen LogP contribution in [0.3, 0.4) is 0 Å². The number of hydrogen-bond donors (Lipinski definition) is 1. The maximum absolute atomic E-state index is 12.6. The Morgan fingerprint density at radius 1 is 1.19 bits per heavy atom. The van der Waals surface area contributed by atoms with E-state index in [1.807, 2.05) is 36.4 Å². The molecule has 0 saturated heterocycles. The molecule has 0 fully saturated rings. The van der Waals surface area contributed by atoms with E-state index in [0.29, 0.717) is 17.8 Å². The maximum atomic E-state index is 12.6. The van der Waals surface area contributed by atoms with Crippen molar-refractivity contribution in [1.82, 2.24) is 24.8 Å². The number of aromatic nitrogens is 3. The van der Waals surface area contributed by atoms with Gasteiger partial charge in [0.25, 0.3) is 5.91 Å². The van der Waals surface area contributed by atoms with Crippen LogP contribution >= 0.6 is 0 Å². The summed E-state index contributed by atoms with van der Waals surface area (Å²) >= 11 is 0. The largest absolute Gasteiger partial charge is 0.350 e. The highest BCUT2D eigenvalue weighted by Gasteiger charge is 2.17. The SMILES string of the molecule is CCN(CC)C(C)CNC(=O)c1cnn2c(-c3ccccc3)ccnc12. The van der Waals surface area contributed by atoms with Crippen molar-refractivity contribution in [1.29, 1.82) is 0 Å². The molecule has 2 heterocycles. The van der Waals surface area contributed by atoms with Gasteiger partial charge in [0, 0.05) is 24.3 Å². The average molecular weight is 351 g/mol. The molecular formula is C20H25N5O. The third-order valence-electron chi connectivity index (χ3n) is 4.71. The Morgan fingerprint density at radius 2 is 1.92 bits per heavy atom. The Hall–Kier alpha value is -2.73. The minimum absolute atomic E-state index is 0.142. The Morgan fingerprint density at radius 3 is 2.62 bits per heavy atom. The Kier molecular flexibility index (Phi) is 5.63. The summed E-state index contributed by atoms with van der Waals surface area (Å²) in [7, 11) is 0. The highest BCUT2D eigenvalue weighted by molar-refractivity contribution is 5.99. The number of benzene rings is 1. The van der Waals surface area contributed by atoms with Crippen LogP contribution in [-0.2, 0) is 0 Å². The van der Waals surface area contributed by atoms with Gasteiger partial charge in [0.05, 0.1) is 11.9 Å². The molecule has 0 spiro atoms. The molecule has 2 aromatic heterocycles. The first-order valence-electron chi connectivity index (χ1n) is 9.06. The van der Waals surface area contributed by atoms with Gasteiger partial charge < -0.3 is 5.32 Å². The minimum atomic E-state index is -0.142. The zero-order valence-electron chi connectivity index (χ0n) is 15.5. The van der Waals surface area contributed by atoms with Crippen LogP contribution in [0.1, 0.15) is 31.1 Å². The Balaban J connectivity index is 1.82. The van der Waals surface area contributed by atoms with Crippen molar-refractivity contribution in [2.45, 2.75) is 26.8 Å². The first-order valence-corrected chi connectivity index (χ1v) is 9.06. The summed E-state index contributed by atoms with van der Waals surface area (Å²) in [6.07, 6.45) is 3.31. The lowest BCUT2D eigenvalue weighted by Crippen LogP contribution is -2.42. The number of nitrogens with one attached hydrogen (secondary N) is 1. The predicted molar refractivity (Wildman–Crippen MR) is 103 cm³/mol. The van der Waals surface area contributed by atoms with Crippen molar-refractivity contribution in [2.75, 3.05) is 19.6 Å². The van der Waals surface area contributed by atoms with E-state index in [9.17, 15) is 4.79 Å². The average Bonchev–Trinajstić information content (AvgIpc) is 3.12. The summed E-state index contributed by atoms with van der Waals surface area (Å²) < 4.78 is 1.72. The molecule has 0 radical (unpaired) electrons. The molecule has 1 amide bonds. The molecular weight excluding hydrogens is 326 g/mol. The number of amides is 1. The lowest BCUT2D eigenvalue weighted by Gasteiger charge is -2.26. The van der Waals surface area contributed by atoms with E-state index >= 15 is 0 Å². The molecule has 0 saturated carbocycles. The molecule has 3 aromatic rings. The fourth-order valence-corrected chi connectivity index (χ4v) is 3.19. The van der Waals surface area contributed by atoms with E-state index in [2.05, 4.69) is 41.1 Å².